The van der Waals surface area contributed by atoms with Gasteiger partial charge in [-0.15, -0.1) is 6.58 Å². The summed E-state index contributed by atoms with van der Waals surface area (Å²) in [5, 5.41) is 0. The fourth-order valence-corrected chi connectivity index (χ4v) is 3.33. The van der Waals surface area contributed by atoms with Gasteiger partial charge in [-0.3, -0.25) is 4.39 Å². The lowest BCUT2D eigenvalue weighted by molar-refractivity contribution is 0.188. The van der Waals surface area contributed by atoms with Crippen LogP contribution in [0.1, 0.15) is 72.6 Å². The molecule has 0 aromatic carbocycles. The number of alkyl halides is 1. The Morgan fingerprint density at radius 2 is 1.72 bits per heavy atom. The molecule has 0 heterocycles. The van der Waals surface area contributed by atoms with Crippen LogP contribution in [0.2, 0.25) is 0 Å². The highest BCUT2D eigenvalue weighted by molar-refractivity contribution is 5.22. The predicted molar refractivity (Wildman–Crippen MR) is 107 cm³/mol. The van der Waals surface area contributed by atoms with Crippen molar-refractivity contribution in [2.45, 2.75) is 72.6 Å². The molecule has 0 aliphatic heterocycles. The molecule has 25 heavy (non-hydrogen) atoms. The van der Waals surface area contributed by atoms with Gasteiger partial charge in [-0.05, 0) is 61.9 Å². The molecule has 0 aromatic heterocycles. The van der Waals surface area contributed by atoms with Crippen LogP contribution in [0.3, 0.4) is 0 Å². The highest BCUT2D eigenvalue weighted by atomic mass is 19.1. The number of hydrogen-bond acceptors (Lipinski definition) is 1. The van der Waals surface area contributed by atoms with Crippen LogP contribution in [0.5, 0.6) is 0 Å². The number of ether oxygens (including phenoxy) is 1. The standard InChI is InChI=1S/C23H39FO/c1-6-18(2)8-9-19(3)20(4)10-11-21(5)22-12-14-23(15-13-22)25-17-7-16-24/h6,12,14,18-21H,1,7-11,13,15-17H2,2-5H3. The van der Waals surface area contributed by atoms with Crippen LogP contribution in [0.15, 0.2) is 36.1 Å². The fraction of sp³-hybridized carbons (Fsp3) is 0.739. The lowest BCUT2D eigenvalue weighted by Gasteiger charge is -2.24. The summed E-state index contributed by atoms with van der Waals surface area (Å²) in [6.45, 7) is 13.5. The third kappa shape index (κ3) is 8.74. The van der Waals surface area contributed by atoms with Crippen molar-refractivity contribution < 1.29 is 9.13 Å². The van der Waals surface area contributed by atoms with Gasteiger partial charge in [-0.2, -0.15) is 0 Å². The van der Waals surface area contributed by atoms with E-state index in [2.05, 4.69) is 52.5 Å². The van der Waals surface area contributed by atoms with E-state index in [4.69, 9.17) is 4.74 Å². The maximum atomic E-state index is 12.1. The molecule has 0 bridgehead atoms. The lowest BCUT2D eigenvalue weighted by atomic mass is 9.82. The van der Waals surface area contributed by atoms with Crippen LogP contribution in [0, 0.1) is 23.7 Å². The summed E-state index contributed by atoms with van der Waals surface area (Å²) in [5.41, 5.74) is 1.54. The van der Waals surface area contributed by atoms with Crippen LogP contribution in [0.25, 0.3) is 0 Å². The topological polar surface area (TPSA) is 9.23 Å². The Labute approximate surface area is 155 Å². The first-order valence-corrected chi connectivity index (χ1v) is 10.2. The van der Waals surface area contributed by atoms with E-state index in [0.717, 1.165) is 30.4 Å². The van der Waals surface area contributed by atoms with Gasteiger partial charge >= 0.3 is 0 Å². The quantitative estimate of drug-likeness (QED) is 0.251. The van der Waals surface area contributed by atoms with Crippen molar-refractivity contribution >= 4 is 0 Å². The number of halogens is 1. The summed E-state index contributed by atoms with van der Waals surface area (Å²) in [4.78, 5) is 0. The monoisotopic (exact) mass is 350 g/mol. The maximum Gasteiger partial charge on any atom is 0.0962 e. The second-order valence-corrected chi connectivity index (χ2v) is 7.99. The van der Waals surface area contributed by atoms with E-state index in [1.54, 1.807) is 0 Å². The first-order chi connectivity index (χ1) is 12.0. The zero-order chi connectivity index (χ0) is 18.7. The van der Waals surface area contributed by atoms with Crippen LogP contribution in [-0.4, -0.2) is 13.3 Å². The normalized spacial score (nSPS) is 19.4. The molecule has 0 fully saturated rings. The molecule has 0 radical (unpaired) electrons. The smallest absolute Gasteiger partial charge is 0.0962 e. The largest absolute Gasteiger partial charge is 0.498 e. The van der Waals surface area contributed by atoms with Gasteiger partial charge in [-0.25, -0.2) is 0 Å². The van der Waals surface area contributed by atoms with Gasteiger partial charge in [-0.1, -0.05) is 45.4 Å². The summed E-state index contributed by atoms with van der Waals surface area (Å²) in [6, 6.07) is 0. The number of rotatable bonds is 13. The van der Waals surface area contributed by atoms with E-state index in [1.165, 1.54) is 31.3 Å². The molecular formula is C23H39FO. The van der Waals surface area contributed by atoms with Gasteiger partial charge < -0.3 is 4.74 Å². The average Bonchev–Trinajstić information content (AvgIpc) is 2.64. The van der Waals surface area contributed by atoms with Crippen LogP contribution < -0.4 is 0 Å². The molecule has 0 N–H and O–H groups in total. The predicted octanol–water partition coefficient (Wildman–Crippen LogP) is 7.26. The molecule has 4 unspecified atom stereocenters. The van der Waals surface area contributed by atoms with Crippen molar-refractivity contribution in [3.05, 3.63) is 36.1 Å². The molecule has 0 saturated heterocycles. The lowest BCUT2D eigenvalue weighted by Crippen LogP contribution is -2.12. The minimum Gasteiger partial charge on any atom is -0.498 e. The molecule has 1 aliphatic carbocycles. The third-order valence-corrected chi connectivity index (χ3v) is 5.85. The van der Waals surface area contributed by atoms with Gasteiger partial charge in [0.15, 0.2) is 0 Å². The Balaban J connectivity index is 2.33. The van der Waals surface area contributed by atoms with E-state index in [0.29, 0.717) is 24.9 Å². The molecule has 1 aliphatic rings. The molecule has 1 nitrogen and oxygen atoms in total. The maximum absolute atomic E-state index is 12.1. The van der Waals surface area contributed by atoms with Gasteiger partial charge in [0, 0.05) is 12.8 Å². The SMILES string of the molecule is C=CC(C)CCC(C)C(C)CCC(C)C1=CC=C(OCCCF)CC1. The molecule has 0 amide bonds. The number of hydrogen-bond donors (Lipinski definition) is 0. The molecule has 1 rings (SSSR count). The van der Waals surface area contributed by atoms with E-state index in [-0.39, 0.29) is 6.67 Å². The summed E-state index contributed by atoms with van der Waals surface area (Å²) in [5.74, 6) is 3.85. The van der Waals surface area contributed by atoms with Crippen molar-refractivity contribution in [3.63, 3.8) is 0 Å². The Bertz CT molecular complexity index is 437. The first-order valence-electron chi connectivity index (χ1n) is 10.2. The first kappa shape index (κ1) is 22.0. The Morgan fingerprint density at radius 1 is 1.04 bits per heavy atom. The zero-order valence-corrected chi connectivity index (χ0v) is 16.9. The van der Waals surface area contributed by atoms with Gasteiger partial charge in [0.05, 0.1) is 19.0 Å². The van der Waals surface area contributed by atoms with Crippen molar-refractivity contribution in [2.24, 2.45) is 23.7 Å². The summed E-state index contributed by atoms with van der Waals surface area (Å²) >= 11 is 0. The van der Waals surface area contributed by atoms with Crippen LogP contribution >= 0.6 is 0 Å². The minimum absolute atomic E-state index is 0.297. The third-order valence-electron chi connectivity index (χ3n) is 5.85. The van der Waals surface area contributed by atoms with Gasteiger partial charge in [0.2, 0.25) is 0 Å². The Hall–Kier alpha value is -1.05. The van der Waals surface area contributed by atoms with E-state index < -0.39 is 0 Å². The average molecular weight is 351 g/mol. The van der Waals surface area contributed by atoms with E-state index in [9.17, 15) is 4.39 Å². The highest BCUT2D eigenvalue weighted by Gasteiger charge is 2.17. The molecule has 4 atom stereocenters. The molecule has 0 saturated carbocycles. The minimum atomic E-state index is -0.297. The summed E-state index contributed by atoms with van der Waals surface area (Å²) < 4.78 is 17.7. The van der Waals surface area contributed by atoms with Crippen LogP contribution in [-0.2, 0) is 4.74 Å². The second kappa shape index (κ2) is 12.3. The highest BCUT2D eigenvalue weighted by Crippen LogP contribution is 2.31. The fourth-order valence-electron chi connectivity index (χ4n) is 3.33. The second-order valence-electron chi connectivity index (χ2n) is 7.99. The van der Waals surface area contributed by atoms with Crippen LogP contribution in [0.4, 0.5) is 4.39 Å². The van der Waals surface area contributed by atoms with Crippen molar-refractivity contribution in [1.82, 2.24) is 0 Å². The van der Waals surface area contributed by atoms with Crippen molar-refractivity contribution in [2.75, 3.05) is 13.3 Å². The van der Waals surface area contributed by atoms with Gasteiger partial charge in [0.25, 0.3) is 0 Å². The summed E-state index contributed by atoms with van der Waals surface area (Å²) in [7, 11) is 0. The van der Waals surface area contributed by atoms with Crippen molar-refractivity contribution in [1.29, 1.82) is 0 Å². The van der Waals surface area contributed by atoms with E-state index >= 15 is 0 Å². The number of allylic oxidation sites excluding steroid dienone is 5. The molecule has 144 valence electrons. The van der Waals surface area contributed by atoms with Crippen molar-refractivity contribution in [3.8, 4) is 0 Å². The van der Waals surface area contributed by atoms with E-state index in [1.807, 2.05) is 0 Å². The molecule has 0 aromatic rings. The Kier molecular flexibility index (Phi) is 10.8. The molecular weight excluding hydrogens is 311 g/mol. The molecule has 0 spiro atoms. The zero-order valence-electron chi connectivity index (χ0n) is 16.9. The Morgan fingerprint density at radius 3 is 2.28 bits per heavy atom. The summed E-state index contributed by atoms with van der Waals surface area (Å²) in [6.07, 6.45) is 14.1. The van der Waals surface area contributed by atoms with Gasteiger partial charge in [0.1, 0.15) is 0 Å². The molecule has 2 heteroatoms.